The molecular formula is C17H28N2O. The molecule has 1 aromatic rings. The summed E-state index contributed by atoms with van der Waals surface area (Å²) in [6, 6.07) is 9.23. The Kier molecular flexibility index (Phi) is 6.02. The zero-order valence-corrected chi connectivity index (χ0v) is 12.9. The summed E-state index contributed by atoms with van der Waals surface area (Å²) in [5.41, 5.74) is 2.76. The van der Waals surface area contributed by atoms with Crippen molar-refractivity contribution in [1.82, 2.24) is 9.80 Å². The molecule has 1 saturated heterocycles. The zero-order valence-electron chi connectivity index (χ0n) is 12.9. The van der Waals surface area contributed by atoms with Crippen molar-refractivity contribution in [3.63, 3.8) is 0 Å². The Morgan fingerprint density at radius 1 is 1.10 bits per heavy atom. The molecule has 1 atom stereocenters. The molecule has 3 heteroatoms. The van der Waals surface area contributed by atoms with Crippen LogP contribution in [0, 0.1) is 6.92 Å². The normalized spacial score (nSPS) is 19.1. The fraction of sp³-hybridized carbons (Fsp3) is 0.647. The molecule has 0 amide bonds. The summed E-state index contributed by atoms with van der Waals surface area (Å²) in [4.78, 5) is 4.98. The lowest BCUT2D eigenvalue weighted by Gasteiger charge is -2.38. The summed E-state index contributed by atoms with van der Waals surface area (Å²) < 4.78 is 0. The molecule has 3 nitrogen and oxygen atoms in total. The Labute approximate surface area is 123 Å². The zero-order chi connectivity index (χ0) is 14.4. The molecule has 1 aliphatic heterocycles. The number of benzene rings is 1. The van der Waals surface area contributed by atoms with Crippen LogP contribution in [-0.4, -0.2) is 60.3 Å². The maximum Gasteiger partial charge on any atom is 0.0586 e. The van der Waals surface area contributed by atoms with Gasteiger partial charge in [0.05, 0.1) is 6.61 Å². The fourth-order valence-corrected chi connectivity index (χ4v) is 2.90. The number of aliphatic hydroxyl groups excluding tert-OH is 1. The van der Waals surface area contributed by atoms with Crippen LogP contribution in [0.3, 0.4) is 0 Å². The second-order valence-electron chi connectivity index (χ2n) is 5.86. The number of aryl methyl sites for hydroxylation is 1. The number of rotatable bonds is 6. The van der Waals surface area contributed by atoms with E-state index in [2.05, 4.69) is 47.9 Å². The predicted molar refractivity (Wildman–Crippen MR) is 84.1 cm³/mol. The molecule has 0 bridgehead atoms. The lowest BCUT2D eigenvalue weighted by atomic mass is 10.1. The molecule has 1 N–H and O–H groups in total. The van der Waals surface area contributed by atoms with E-state index < -0.39 is 0 Å². The van der Waals surface area contributed by atoms with Crippen LogP contribution in [0.2, 0.25) is 0 Å². The maximum absolute atomic E-state index is 9.36. The van der Waals surface area contributed by atoms with Crippen LogP contribution in [0.25, 0.3) is 0 Å². The average Bonchev–Trinajstić information content (AvgIpc) is 2.49. The SMILES string of the molecule is CCC(CO)N1CCN(CCc2ccc(C)cc2)CC1. The molecule has 0 saturated carbocycles. The van der Waals surface area contributed by atoms with E-state index in [0.29, 0.717) is 12.6 Å². The molecule has 1 aliphatic rings. The molecule has 1 unspecified atom stereocenters. The topological polar surface area (TPSA) is 26.7 Å². The predicted octanol–water partition coefficient (Wildman–Crippen LogP) is 1.93. The van der Waals surface area contributed by atoms with E-state index in [-0.39, 0.29) is 0 Å². The maximum atomic E-state index is 9.36. The lowest BCUT2D eigenvalue weighted by molar-refractivity contribution is 0.0641. The third kappa shape index (κ3) is 4.30. The molecule has 1 aromatic carbocycles. The fourth-order valence-electron chi connectivity index (χ4n) is 2.90. The molecule has 1 fully saturated rings. The summed E-state index contributed by atoms with van der Waals surface area (Å²) in [6.07, 6.45) is 2.18. The quantitative estimate of drug-likeness (QED) is 0.860. The number of hydrogen-bond donors (Lipinski definition) is 1. The van der Waals surface area contributed by atoms with Gasteiger partial charge in [-0.25, -0.2) is 0 Å². The van der Waals surface area contributed by atoms with Crippen LogP contribution in [-0.2, 0) is 6.42 Å². The van der Waals surface area contributed by atoms with Gasteiger partial charge in [-0.3, -0.25) is 4.90 Å². The Morgan fingerprint density at radius 3 is 2.30 bits per heavy atom. The van der Waals surface area contributed by atoms with Crippen LogP contribution < -0.4 is 0 Å². The Morgan fingerprint density at radius 2 is 1.75 bits per heavy atom. The highest BCUT2D eigenvalue weighted by molar-refractivity contribution is 5.21. The molecule has 20 heavy (non-hydrogen) atoms. The van der Waals surface area contributed by atoms with Crippen LogP contribution in [0.15, 0.2) is 24.3 Å². The van der Waals surface area contributed by atoms with Crippen molar-refractivity contribution >= 4 is 0 Å². The first kappa shape index (κ1) is 15.5. The Balaban J connectivity index is 1.73. The first-order chi connectivity index (χ1) is 9.72. The first-order valence-corrected chi connectivity index (χ1v) is 7.85. The lowest BCUT2D eigenvalue weighted by Crippen LogP contribution is -2.51. The standard InChI is InChI=1S/C17H28N2O/c1-3-17(14-20)19-12-10-18(11-13-19)9-8-16-6-4-15(2)5-7-16/h4-7,17,20H,3,8-14H2,1-2H3. The monoisotopic (exact) mass is 276 g/mol. The van der Waals surface area contributed by atoms with Crippen LogP contribution in [0.5, 0.6) is 0 Å². The van der Waals surface area contributed by atoms with Crippen molar-refractivity contribution < 1.29 is 5.11 Å². The van der Waals surface area contributed by atoms with Gasteiger partial charge in [0.25, 0.3) is 0 Å². The van der Waals surface area contributed by atoms with E-state index in [0.717, 1.165) is 45.6 Å². The van der Waals surface area contributed by atoms with E-state index in [1.165, 1.54) is 11.1 Å². The summed E-state index contributed by atoms with van der Waals surface area (Å²) in [5, 5.41) is 9.36. The van der Waals surface area contributed by atoms with Gasteiger partial charge in [-0.2, -0.15) is 0 Å². The van der Waals surface area contributed by atoms with Crippen molar-refractivity contribution in [3.05, 3.63) is 35.4 Å². The number of hydrogen-bond acceptors (Lipinski definition) is 3. The molecule has 0 aromatic heterocycles. The minimum Gasteiger partial charge on any atom is -0.395 e. The number of piperazine rings is 1. The van der Waals surface area contributed by atoms with Gasteiger partial charge in [0.1, 0.15) is 0 Å². The van der Waals surface area contributed by atoms with Gasteiger partial charge in [-0.1, -0.05) is 36.8 Å². The summed E-state index contributed by atoms with van der Waals surface area (Å²) in [5.74, 6) is 0. The van der Waals surface area contributed by atoms with Gasteiger partial charge >= 0.3 is 0 Å². The summed E-state index contributed by atoms with van der Waals surface area (Å²) in [6.45, 7) is 10.2. The molecule has 112 valence electrons. The van der Waals surface area contributed by atoms with E-state index in [9.17, 15) is 5.11 Å². The van der Waals surface area contributed by atoms with E-state index in [1.54, 1.807) is 0 Å². The van der Waals surface area contributed by atoms with Gasteiger partial charge in [0.15, 0.2) is 0 Å². The van der Waals surface area contributed by atoms with Gasteiger partial charge in [0, 0.05) is 38.8 Å². The molecule has 0 aliphatic carbocycles. The Bertz CT molecular complexity index is 378. The van der Waals surface area contributed by atoms with Gasteiger partial charge < -0.3 is 10.0 Å². The second kappa shape index (κ2) is 7.77. The van der Waals surface area contributed by atoms with Gasteiger partial charge in [0.2, 0.25) is 0 Å². The first-order valence-electron chi connectivity index (χ1n) is 7.85. The van der Waals surface area contributed by atoms with Crippen molar-refractivity contribution in [2.75, 3.05) is 39.3 Å². The second-order valence-corrected chi connectivity index (χ2v) is 5.86. The van der Waals surface area contributed by atoms with Gasteiger partial charge in [-0.05, 0) is 25.3 Å². The number of aliphatic hydroxyl groups is 1. The van der Waals surface area contributed by atoms with Crippen LogP contribution >= 0.6 is 0 Å². The Hall–Kier alpha value is -0.900. The molecule has 1 heterocycles. The highest BCUT2D eigenvalue weighted by Crippen LogP contribution is 2.10. The van der Waals surface area contributed by atoms with Crippen molar-refractivity contribution in [1.29, 1.82) is 0 Å². The van der Waals surface area contributed by atoms with E-state index in [4.69, 9.17) is 0 Å². The van der Waals surface area contributed by atoms with E-state index in [1.807, 2.05) is 0 Å². The van der Waals surface area contributed by atoms with E-state index >= 15 is 0 Å². The van der Waals surface area contributed by atoms with Crippen molar-refractivity contribution in [2.24, 2.45) is 0 Å². The van der Waals surface area contributed by atoms with Crippen molar-refractivity contribution in [3.8, 4) is 0 Å². The largest absolute Gasteiger partial charge is 0.395 e. The highest BCUT2D eigenvalue weighted by atomic mass is 16.3. The third-order valence-corrected chi connectivity index (χ3v) is 4.44. The molecule has 0 spiro atoms. The minimum absolute atomic E-state index is 0.292. The molecule has 0 radical (unpaired) electrons. The molecule has 2 rings (SSSR count). The highest BCUT2D eigenvalue weighted by Gasteiger charge is 2.21. The third-order valence-electron chi connectivity index (χ3n) is 4.44. The van der Waals surface area contributed by atoms with Gasteiger partial charge in [-0.15, -0.1) is 0 Å². The summed E-state index contributed by atoms with van der Waals surface area (Å²) in [7, 11) is 0. The average molecular weight is 276 g/mol. The number of nitrogens with zero attached hydrogens (tertiary/aromatic N) is 2. The van der Waals surface area contributed by atoms with Crippen LogP contribution in [0.1, 0.15) is 24.5 Å². The minimum atomic E-state index is 0.292. The summed E-state index contributed by atoms with van der Waals surface area (Å²) >= 11 is 0. The van der Waals surface area contributed by atoms with Crippen LogP contribution in [0.4, 0.5) is 0 Å². The van der Waals surface area contributed by atoms with Crippen molar-refractivity contribution in [2.45, 2.75) is 32.7 Å². The smallest absolute Gasteiger partial charge is 0.0586 e. The molecular weight excluding hydrogens is 248 g/mol.